The third-order valence-corrected chi connectivity index (χ3v) is 4.39. The first kappa shape index (κ1) is 15.1. The van der Waals surface area contributed by atoms with Crippen molar-refractivity contribution in [1.29, 1.82) is 0 Å². The van der Waals surface area contributed by atoms with Gasteiger partial charge in [-0.25, -0.2) is 9.67 Å². The Balaban J connectivity index is 1.65. The lowest BCUT2D eigenvalue weighted by Gasteiger charge is -2.35. The van der Waals surface area contributed by atoms with E-state index in [9.17, 15) is 0 Å². The molecule has 2 aromatic rings. The van der Waals surface area contributed by atoms with Crippen molar-refractivity contribution >= 4 is 0 Å². The number of aryl methyl sites for hydroxylation is 3. The average Bonchev–Trinajstić information content (AvgIpc) is 3.05. The number of hydrogen-bond acceptors (Lipinski definition) is 6. The zero-order valence-corrected chi connectivity index (χ0v) is 13.8. The fourth-order valence-corrected chi connectivity index (χ4v) is 3.21. The van der Waals surface area contributed by atoms with Crippen LogP contribution in [0.1, 0.15) is 49.2 Å². The first-order chi connectivity index (χ1) is 10.5. The third kappa shape index (κ3) is 3.19. The smallest absolute Gasteiger partial charge is 0.233 e. The molecule has 0 aliphatic carbocycles. The fourth-order valence-electron chi connectivity index (χ4n) is 3.21. The lowest BCUT2D eigenvalue weighted by atomic mass is 9.97. The summed E-state index contributed by atoms with van der Waals surface area (Å²) in [5.41, 5.74) is 0. The fraction of sp³-hybridized carbons (Fsp3) is 0.733. The highest BCUT2D eigenvalue weighted by Crippen LogP contribution is 2.26. The highest BCUT2D eigenvalue weighted by molar-refractivity contribution is 4.92. The van der Waals surface area contributed by atoms with Crippen LogP contribution in [0.25, 0.3) is 0 Å². The summed E-state index contributed by atoms with van der Waals surface area (Å²) in [5, 5.41) is 12.6. The van der Waals surface area contributed by atoms with E-state index in [0.29, 0.717) is 17.7 Å². The molecular weight excluding hydrogens is 280 g/mol. The van der Waals surface area contributed by atoms with Crippen LogP contribution in [0.3, 0.4) is 0 Å². The maximum Gasteiger partial charge on any atom is 0.233 e. The van der Waals surface area contributed by atoms with Gasteiger partial charge < -0.3 is 4.42 Å². The molecule has 2 aromatic heterocycles. The zero-order valence-electron chi connectivity index (χ0n) is 13.8. The highest BCUT2D eigenvalue weighted by Gasteiger charge is 2.27. The molecule has 0 amide bonds. The second kappa shape index (κ2) is 6.16. The molecule has 3 heterocycles. The second-order valence-corrected chi connectivity index (χ2v) is 6.23. The Labute approximate surface area is 130 Å². The van der Waals surface area contributed by atoms with Crippen molar-refractivity contribution < 1.29 is 4.42 Å². The van der Waals surface area contributed by atoms with E-state index in [0.717, 1.165) is 31.3 Å². The van der Waals surface area contributed by atoms with Gasteiger partial charge in [0.25, 0.3) is 0 Å². The van der Waals surface area contributed by atoms with Crippen LogP contribution in [-0.4, -0.2) is 43.0 Å². The average molecular weight is 304 g/mol. The molecular formula is C15H24N6O. The number of hydrogen-bond donors (Lipinski definition) is 0. The minimum absolute atomic E-state index is 0.169. The largest absolute Gasteiger partial charge is 0.424 e. The van der Waals surface area contributed by atoms with E-state index in [1.807, 2.05) is 25.5 Å². The monoisotopic (exact) mass is 304 g/mol. The van der Waals surface area contributed by atoms with Crippen LogP contribution in [0.5, 0.6) is 0 Å². The van der Waals surface area contributed by atoms with E-state index in [2.05, 4.69) is 32.1 Å². The molecule has 2 atom stereocenters. The molecule has 3 rings (SSSR count). The number of piperidine rings is 1. The Morgan fingerprint density at radius 3 is 2.73 bits per heavy atom. The van der Waals surface area contributed by atoms with Gasteiger partial charge in [-0.1, -0.05) is 0 Å². The Bertz CT molecular complexity index is 634. The molecule has 1 aliphatic heterocycles. The molecule has 1 aliphatic rings. The molecule has 120 valence electrons. The SMILES string of the molecule is Cc1nc(C)n(C[C@@H]2CCCN([C@H](C)c3nnc(C)o3)C2)n1. The molecule has 0 N–H and O–H groups in total. The summed E-state index contributed by atoms with van der Waals surface area (Å²) in [7, 11) is 0. The van der Waals surface area contributed by atoms with Gasteiger partial charge in [-0.3, -0.25) is 4.90 Å². The summed E-state index contributed by atoms with van der Waals surface area (Å²) < 4.78 is 7.62. The minimum atomic E-state index is 0.169. The molecule has 0 spiro atoms. The van der Waals surface area contributed by atoms with Gasteiger partial charge in [0.1, 0.15) is 11.6 Å². The molecule has 0 unspecified atom stereocenters. The van der Waals surface area contributed by atoms with Crippen molar-refractivity contribution in [3.8, 4) is 0 Å². The Morgan fingerprint density at radius 1 is 1.27 bits per heavy atom. The van der Waals surface area contributed by atoms with E-state index in [4.69, 9.17) is 4.42 Å². The second-order valence-electron chi connectivity index (χ2n) is 6.23. The van der Waals surface area contributed by atoms with Crippen LogP contribution in [-0.2, 0) is 6.54 Å². The number of nitrogens with zero attached hydrogens (tertiary/aromatic N) is 6. The van der Waals surface area contributed by atoms with Gasteiger partial charge in [-0.2, -0.15) is 5.10 Å². The summed E-state index contributed by atoms with van der Waals surface area (Å²) in [6.45, 7) is 11.0. The van der Waals surface area contributed by atoms with Crippen molar-refractivity contribution in [3.63, 3.8) is 0 Å². The lowest BCUT2D eigenvalue weighted by molar-refractivity contribution is 0.106. The first-order valence-corrected chi connectivity index (χ1v) is 7.95. The number of rotatable bonds is 4. The van der Waals surface area contributed by atoms with Gasteiger partial charge in [-0.05, 0) is 46.1 Å². The standard InChI is InChI=1S/C15H24N6O/c1-10(15-18-17-13(4)22-15)20-7-5-6-14(8-20)9-21-12(3)16-11(2)19-21/h10,14H,5-9H2,1-4H3/t10-,14-/m1/s1. The van der Waals surface area contributed by atoms with Gasteiger partial charge in [0, 0.05) is 20.0 Å². The first-order valence-electron chi connectivity index (χ1n) is 7.95. The van der Waals surface area contributed by atoms with E-state index < -0.39 is 0 Å². The molecule has 7 heteroatoms. The molecule has 1 fully saturated rings. The Morgan fingerprint density at radius 2 is 2.09 bits per heavy atom. The number of likely N-dealkylation sites (tertiary alicyclic amines) is 1. The highest BCUT2D eigenvalue weighted by atomic mass is 16.4. The van der Waals surface area contributed by atoms with E-state index in [1.54, 1.807) is 0 Å². The third-order valence-electron chi connectivity index (χ3n) is 4.39. The van der Waals surface area contributed by atoms with Crippen molar-refractivity contribution in [2.24, 2.45) is 5.92 Å². The summed E-state index contributed by atoms with van der Waals surface area (Å²) in [6.07, 6.45) is 2.42. The normalized spacial score (nSPS) is 21.2. The van der Waals surface area contributed by atoms with E-state index in [1.165, 1.54) is 12.8 Å². The Hall–Kier alpha value is -1.76. The van der Waals surface area contributed by atoms with E-state index in [-0.39, 0.29) is 6.04 Å². The van der Waals surface area contributed by atoms with Crippen molar-refractivity contribution in [1.82, 2.24) is 29.9 Å². The predicted molar refractivity (Wildman–Crippen MR) is 81.2 cm³/mol. The quantitative estimate of drug-likeness (QED) is 0.861. The zero-order chi connectivity index (χ0) is 15.7. The minimum Gasteiger partial charge on any atom is -0.424 e. The Kier molecular flexibility index (Phi) is 4.24. The maximum absolute atomic E-state index is 5.58. The van der Waals surface area contributed by atoms with Gasteiger partial charge >= 0.3 is 0 Å². The van der Waals surface area contributed by atoms with Gasteiger partial charge in [0.2, 0.25) is 11.8 Å². The van der Waals surface area contributed by atoms with Crippen LogP contribution in [0.4, 0.5) is 0 Å². The summed E-state index contributed by atoms with van der Waals surface area (Å²) in [5.74, 6) is 3.77. The maximum atomic E-state index is 5.58. The molecule has 0 bridgehead atoms. The molecule has 22 heavy (non-hydrogen) atoms. The van der Waals surface area contributed by atoms with E-state index >= 15 is 0 Å². The van der Waals surface area contributed by atoms with Crippen molar-refractivity contribution in [2.75, 3.05) is 13.1 Å². The van der Waals surface area contributed by atoms with Crippen LogP contribution in [0, 0.1) is 26.7 Å². The van der Waals surface area contributed by atoms with Crippen molar-refractivity contribution in [3.05, 3.63) is 23.4 Å². The van der Waals surface area contributed by atoms with Crippen LogP contribution in [0.2, 0.25) is 0 Å². The van der Waals surface area contributed by atoms with Gasteiger partial charge in [0.05, 0.1) is 6.04 Å². The van der Waals surface area contributed by atoms with Crippen LogP contribution < -0.4 is 0 Å². The van der Waals surface area contributed by atoms with Crippen LogP contribution in [0.15, 0.2) is 4.42 Å². The summed E-state index contributed by atoms with van der Waals surface area (Å²) in [4.78, 5) is 6.82. The van der Waals surface area contributed by atoms with Crippen molar-refractivity contribution in [2.45, 2.75) is 53.1 Å². The number of aromatic nitrogens is 5. The van der Waals surface area contributed by atoms with Gasteiger partial charge in [-0.15, -0.1) is 10.2 Å². The van der Waals surface area contributed by atoms with Crippen LogP contribution >= 0.6 is 0 Å². The predicted octanol–water partition coefficient (Wildman–Crippen LogP) is 2.06. The molecule has 0 saturated carbocycles. The molecule has 7 nitrogen and oxygen atoms in total. The van der Waals surface area contributed by atoms with Gasteiger partial charge in [0.15, 0.2) is 0 Å². The lowest BCUT2D eigenvalue weighted by Crippen LogP contribution is -2.39. The summed E-state index contributed by atoms with van der Waals surface area (Å²) >= 11 is 0. The molecule has 0 radical (unpaired) electrons. The topological polar surface area (TPSA) is 72.9 Å². The molecule has 0 aromatic carbocycles. The molecule has 1 saturated heterocycles. The summed E-state index contributed by atoms with van der Waals surface area (Å²) in [6, 6.07) is 0.169.